The second kappa shape index (κ2) is 9.46. The third-order valence-electron chi connectivity index (χ3n) is 4.58. The molecule has 2 aromatic carbocycles. The van der Waals surface area contributed by atoms with Gasteiger partial charge >= 0.3 is 0 Å². The molecule has 0 fully saturated rings. The second-order valence-electron chi connectivity index (χ2n) is 6.96. The Morgan fingerprint density at radius 3 is 2.66 bits per heavy atom. The summed E-state index contributed by atoms with van der Waals surface area (Å²) in [5.41, 5.74) is 3.32. The standard InChI is InChI=1S/C23H20FN3O3S2/c1-13-4-9-19(29-3)17(10-13)18-12-31-23(26-18)27-22(28)21-14(2)25-20(32-21)11-30-16-7-5-15(24)6-8-16/h4-10,12H,11H2,1-3H3,(H,26,27,28). The monoisotopic (exact) mass is 469 g/mol. The van der Waals surface area contributed by atoms with Gasteiger partial charge in [0.05, 0.1) is 18.5 Å². The molecule has 0 bridgehead atoms. The number of carbonyl (C=O) groups is 1. The van der Waals surface area contributed by atoms with E-state index in [0.717, 1.165) is 22.6 Å². The van der Waals surface area contributed by atoms with E-state index in [1.807, 2.05) is 30.5 Å². The van der Waals surface area contributed by atoms with Crippen molar-refractivity contribution in [3.05, 3.63) is 74.8 Å². The van der Waals surface area contributed by atoms with E-state index in [1.54, 1.807) is 26.2 Å². The van der Waals surface area contributed by atoms with Crippen LogP contribution in [0.1, 0.15) is 25.9 Å². The Bertz CT molecular complexity index is 1250. The van der Waals surface area contributed by atoms with Crippen molar-refractivity contribution in [1.29, 1.82) is 0 Å². The minimum atomic E-state index is -0.326. The van der Waals surface area contributed by atoms with E-state index in [0.29, 0.717) is 26.5 Å². The molecular weight excluding hydrogens is 449 g/mol. The van der Waals surface area contributed by atoms with Gasteiger partial charge in [0.1, 0.15) is 33.8 Å². The number of aryl methyl sites for hydroxylation is 2. The highest BCUT2D eigenvalue weighted by Crippen LogP contribution is 2.33. The van der Waals surface area contributed by atoms with Gasteiger partial charge in [0.2, 0.25) is 0 Å². The zero-order valence-electron chi connectivity index (χ0n) is 17.6. The lowest BCUT2D eigenvalue weighted by Gasteiger charge is -2.07. The summed E-state index contributed by atoms with van der Waals surface area (Å²) in [6, 6.07) is 11.6. The first-order valence-corrected chi connectivity index (χ1v) is 11.4. The van der Waals surface area contributed by atoms with Crippen molar-refractivity contribution in [3.63, 3.8) is 0 Å². The maximum absolute atomic E-state index is 13.0. The minimum absolute atomic E-state index is 0.193. The number of ether oxygens (including phenoxy) is 2. The number of hydrogen-bond acceptors (Lipinski definition) is 7. The lowest BCUT2D eigenvalue weighted by Crippen LogP contribution is -2.11. The molecule has 0 spiro atoms. The minimum Gasteiger partial charge on any atom is -0.496 e. The van der Waals surface area contributed by atoms with Crippen LogP contribution in [0.15, 0.2) is 47.8 Å². The molecule has 0 aliphatic carbocycles. The SMILES string of the molecule is COc1ccc(C)cc1-c1csc(NC(=O)c2sc(COc3ccc(F)cc3)nc2C)n1. The van der Waals surface area contributed by atoms with Gasteiger partial charge in [-0.15, -0.1) is 22.7 Å². The first-order chi connectivity index (χ1) is 15.4. The first-order valence-electron chi connectivity index (χ1n) is 9.69. The molecule has 0 aliphatic rings. The van der Waals surface area contributed by atoms with Crippen LogP contribution < -0.4 is 14.8 Å². The van der Waals surface area contributed by atoms with Gasteiger partial charge in [-0.1, -0.05) is 11.6 Å². The van der Waals surface area contributed by atoms with E-state index in [2.05, 4.69) is 15.3 Å². The quantitative estimate of drug-likeness (QED) is 0.367. The number of nitrogens with zero attached hydrogens (tertiary/aromatic N) is 2. The highest BCUT2D eigenvalue weighted by atomic mass is 32.1. The highest BCUT2D eigenvalue weighted by Gasteiger charge is 2.18. The van der Waals surface area contributed by atoms with Gasteiger partial charge in [-0.2, -0.15) is 0 Å². The van der Waals surface area contributed by atoms with E-state index in [9.17, 15) is 9.18 Å². The molecule has 1 amide bonds. The van der Waals surface area contributed by atoms with Crippen LogP contribution in [-0.4, -0.2) is 23.0 Å². The van der Waals surface area contributed by atoms with Crippen molar-refractivity contribution in [3.8, 4) is 22.8 Å². The summed E-state index contributed by atoms with van der Waals surface area (Å²) < 4.78 is 24.1. The van der Waals surface area contributed by atoms with Crippen LogP contribution in [0.2, 0.25) is 0 Å². The maximum atomic E-state index is 13.0. The van der Waals surface area contributed by atoms with E-state index in [-0.39, 0.29) is 18.3 Å². The van der Waals surface area contributed by atoms with Crippen molar-refractivity contribution in [2.45, 2.75) is 20.5 Å². The fraction of sp³-hybridized carbons (Fsp3) is 0.174. The van der Waals surface area contributed by atoms with Crippen molar-refractivity contribution in [1.82, 2.24) is 9.97 Å². The predicted octanol–water partition coefficient (Wildman–Crippen LogP) is 5.86. The van der Waals surface area contributed by atoms with Crippen LogP contribution in [0.4, 0.5) is 9.52 Å². The summed E-state index contributed by atoms with van der Waals surface area (Å²) >= 11 is 2.60. The van der Waals surface area contributed by atoms with E-state index >= 15 is 0 Å². The zero-order valence-corrected chi connectivity index (χ0v) is 19.3. The molecule has 0 aliphatic heterocycles. The van der Waals surface area contributed by atoms with Crippen molar-refractivity contribution in [2.24, 2.45) is 0 Å². The Morgan fingerprint density at radius 1 is 1.12 bits per heavy atom. The van der Waals surface area contributed by atoms with Crippen LogP contribution >= 0.6 is 22.7 Å². The third-order valence-corrected chi connectivity index (χ3v) is 6.47. The van der Waals surface area contributed by atoms with Crippen LogP contribution in [0.3, 0.4) is 0 Å². The van der Waals surface area contributed by atoms with Crippen LogP contribution in [0.5, 0.6) is 11.5 Å². The molecule has 0 atom stereocenters. The number of amides is 1. The van der Waals surface area contributed by atoms with E-state index < -0.39 is 0 Å². The number of carbonyl (C=O) groups excluding carboxylic acids is 1. The molecular formula is C23H20FN3O3S2. The number of benzene rings is 2. The first kappa shape index (κ1) is 21.9. The molecule has 9 heteroatoms. The third kappa shape index (κ3) is 4.95. The molecule has 0 saturated carbocycles. The van der Waals surface area contributed by atoms with Gasteiger partial charge in [-0.3, -0.25) is 10.1 Å². The van der Waals surface area contributed by atoms with E-state index in [4.69, 9.17) is 9.47 Å². The smallest absolute Gasteiger partial charge is 0.269 e. The van der Waals surface area contributed by atoms with Gasteiger partial charge < -0.3 is 9.47 Å². The molecule has 32 heavy (non-hydrogen) atoms. The van der Waals surface area contributed by atoms with Crippen molar-refractivity contribution >= 4 is 33.7 Å². The summed E-state index contributed by atoms with van der Waals surface area (Å²) in [5.74, 6) is 0.660. The molecule has 4 aromatic rings. The molecule has 0 radical (unpaired) electrons. The van der Waals surface area contributed by atoms with Crippen molar-refractivity contribution < 1.29 is 18.7 Å². The average Bonchev–Trinajstić information content (AvgIpc) is 3.39. The number of hydrogen-bond donors (Lipinski definition) is 1. The Balaban J connectivity index is 1.45. The molecule has 6 nitrogen and oxygen atoms in total. The van der Waals surface area contributed by atoms with Gasteiger partial charge in [0.15, 0.2) is 5.13 Å². The van der Waals surface area contributed by atoms with Crippen LogP contribution in [0, 0.1) is 19.7 Å². The fourth-order valence-corrected chi connectivity index (χ4v) is 4.61. The zero-order chi connectivity index (χ0) is 22.7. The molecule has 1 N–H and O–H groups in total. The Morgan fingerprint density at radius 2 is 1.91 bits per heavy atom. The molecule has 2 aromatic heterocycles. The summed E-state index contributed by atoms with van der Waals surface area (Å²) in [5, 5.41) is 5.88. The highest BCUT2D eigenvalue weighted by molar-refractivity contribution is 7.15. The normalized spacial score (nSPS) is 10.8. The topological polar surface area (TPSA) is 73.3 Å². The van der Waals surface area contributed by atoms with Gasteiger partial charge in [-0.25, -0.2) is 14.4 Å². The number of halogens is 1. The lowest BCUT2D eigenvalue weighted by molar-refractivity contribution is 0.103. The fourth-order valence-electron chi connectivity index (χ4n) is 3.03. The average molecular weight is 470 g/mol. The molecule has 164 valence electrons. The van der Waals surface area contributed by atoms with Crippen LogP contribution in [-0.2, 0) is 6.61 Å². The summed E-state index contributed by atoms with van der Waals surface area (Å²) in [6.07, 6.45) is 0. The number of methoxy groups -OCH3 is 1. The molecule has 0 unspecified atom stereocenters. The van der Waals surface area contributed by atoms with Gasteiger partial charge in [0, 0.05) is 10.9 Å². The van der Waals surface area contributed by atoms with Crippen LogP contribution in [0.25, 0.3) is 11.3 Å². The van der Waals surface area contributed by atoms with Crippen molar-refractivity contribution in [2.75, 3.05) is 12.4 Å². The number of aromatic nitrogens is 2. The predicted molar refractivity (Wildman–Crippen MR) is 124 cm³/mol. The van der Waals surface area contributed by atoms with E-state index in [1.165, 1.54) is 34.8 Å². The number of nitrogens with one attached hydrogen (secondary N) is 1. The Hall–Kier alpha value is -3.30. The number of thiazole rings is 2. The Labute approximate surface area is 192 Å². The maximum Gasteiger partial charge on any atom is 0.269 e. The molecule has 2 heterocycles. The molecule has 0 saturated heterocycles. The summed E-state index contributed by atoms with van der Waals surface area (Å²) in [7, 11) is 1.62. The van der Waals surface area contributed by atoms with Gasteiger partial charge in [-0.05, 0) is 50.2 Å². The lowest BCUT2D eigenvalue weighted by atomic mass is 10.1. The van der Waals surface area contributed by atoms with Gasteiger partial charge in [0.25, 0.3) is 5.91 Å². The molecule has 4 rings (SSSR count). The largest absolute Gasteiger partial charge is 0.496 e. The number of anilines is 1. The number of rotatable bonds is 7. The summed E-state index contributed by atoms with van der Waals surface area (Å²) in [6.45, 7) is 3.97. The Kier molecular flexibility index (Phi) is 6.48. The summed E-state index contributed by atoms with van der Waals surface area (Å²) in [4.78, 5) is 22.3. The second-order valence-corrected chi connectivity index (χ2v) is 8.90.